The van der Waals surface area contributed by atoms with Crippen molar-refractivity contribution in [2.24, 2.45) is 5.16 Å². The molecule has 0 aliphatic heterocycles. The van der Waals surface area contributed by atoms with Crippen LogP contribution in [0, 0.1) is 0 Å². The molecule has 2 nitrogen and oxygen atoms in total. The van der Waals surface area contributed by atoms with Crippen molar-refractivity contribution in [2.45, 2.75) is 32.8 Å². The van der Waals surface area contributed by atoms with Gasteiger partial charge in [0.1, 0.15) is 12.8 Å². The molecule has 0 bridgehead atoms. The van der Waals surface area contributed by atoms with Crippen LogP contribution in [0.4, 0.5) is 0 Å². The second-order valence-corrected chi connectivity index (χ2v) is 4.65. The van der Waals surface area contributed by atoms with Gasteiger partial charge in [0.2, 0.25) is 0 Å². The standard InChI is InChI=1S/C18H20NO/c1-2-3-9-14-19-20-15-17-12-7-8-13-18(17)16-10-5-4-6-11-16/h4-8,10-13H,2-3,9,15H2,1H3. The zero-order valence-corrected chi connectivity index (χ0v) is 11.9. The molecule has 0 N–H and O–H groups in total. The van der Waals surface area contributed by atoms with E-state index >= 15 is 0 Å². The molecular formula is C18H20NO. The maximum absolute atomic E-state index is 5.34. The molecule has 2 heteroatoms. The fourth-order valence-electron chi connectivity index (χ4n) is 1.99. The third-order valence-corrected chi connectivity index (χ3v) is 3.09. The fraction of sp³-hybridized carbons (Fsp3) is 0.278. The lowest BCUT2D eigenvalue weighted by molar-refractivity contribution is 0.132. The van der Waals surface area contributed by atoms with E-state index in [0.29, 0.717) is 6.61 Å². The summed E-state index contributed by atoms with van der Waals surface area (Å²) in [6.07, 6.45) is 6.03. The lowest BCUT2D eigenvalue weighted by atomic mass is 10.0. The first-order valence-corrected chi connectivity index (χ1v) is 7.10. The highest BCUT2D eigenvalue weighted by atomic mass is 16.6. The second-order valence-electron chi connectivity index (χ2n) is 4.65. The Bertz CT molecular complexity index is 534. The van der Waals surface area contributed by atoms with E-state index in [4.69, 9.17) is 4.84 Å². The van der Waals surface area contributed by atoms with Gasteiger partial charge in [-0.1, -0.05) is 73.1 Å². The Morgan fingerprint density at radius 3 is 2.55 bits per heavy atom. The summed E-state index contributed by atoms with van der Waals surface area (Å²) in [5.41, 5.74) is 3.53. The molecule has 0 heterocycles. The van der Waals surface area contributed by atoms with Gasteiger partial charge < -0.3 is 4.84 Å². The average Bonchev–Trinajstić information content (AvgIpc) is 2.52. The van der Waals surface area contributed by atoms with Gasteiger partial charge in [-0.15, -0.1) is 0 Å². The average molecular weight is 266 g/mol. The molecule has 0 fully saturated rings. The molecule has 0 atom stereocenters. The lowest BCUT2D eigenvalue weighted by Gasteiger charge is -2.08. The van der Waals surface area contributed by atoms with Crippen molar-refractivity contribution in [3.63, 3.8) is 0 Å². The van der Waals surface area contributed by atoms with Gasteiger partial charge in [0.15, 0.2) is 0 Å². The van der Waals surface area contributed by atoms with E-state index in [0.717, 1.165) is 24.8 Å². The molecule has 0 saturated carbocycles. The van der Waals surface area contributed by atoms with Crippen molar-refractivity contribution in [2.75, 3.05) is 0 Å². The Hall–Kier alpha value is -2.09. The minimum atomic E-state index is 0.476. The predicted molar refractivity (Wildman–Crippen MR) is 83.6 cm³/mol. The van der Waals surface area contributed by atoms with E-state index in [9.17, 15) is 0 Å². The van der Waals surface area contributed by atoms with E-state index in [-0.39, 0.29) is 0 Å². The van der Waals surface area contributed by atoms with Crippen molar-refractivity contribution in [3.05, 3.63) is 60.2 Å². The summed E-state index contributed by atoms with van der Waals surface area (Å²) in [6, 6.07) is 18.6. The van der Waals surface area contributed by atoms with Crippen molar-refractivity contribution in [1.29, 1.82) is 0 Å². The van der Waals surface area contributed by atoms with Crippen molar-refractivity contribution >= 4 is 6.21 Å². The van der Waals surface area contributed by atoms with Crippen LogP contribution < -0.4 is 0 Å². The van der Waals surface area contributed by atoms with E-state index in [1.807, 2.05) is 30.3 Å². The van der Waals surface area contributed by atoms with E-state index in [2.05, 4.69) is 42.6 Å². The molecule has 103 valence electrons. The molecule has 2 aromatic rings. The molecule has 0 unspecified atom stereocenters. The molecule has 0 aliphatic rings. The highest BCUT2D eigenvalue weighted by Crippen LogP contribution is 2.23. The molecule has 2 aromatic carbocycles. The first-order valence-electron chi connectivity index (χ1n) is 7.10. The number of hydrogen-bond acceptors (Lipinski definition) is 2. The first kappa shape index (κ1) is 14.3. The second kappa shape index (κ2) is 8.16. The largest absolute Gasteiger partial charge is 0.391 e. The molecular weight excluding hydrogens is 246 g/mol. The van der Waals surface area contributed by atoms with E-state index in [1.165, 1.54) is 11.1 Å². The van der Waals surface area contributed by atoms with Gasteiger partial charge >= 0.3 is 0 Å². The van der Waals surface area contributed by atoms with Gasteiger partial charge in [-0.2, -0.15) is 0 Å². The van der Waals surface area contributed by atoms with Crippen LogP contribution in [-0.2, 0) is 11.4 Å². The van der Waals surface area contributed by atoms with Crippen molar-refractivity contribution < 1.29 is 4.84 Å². The summed E-state index contributed by atoms with van der Waals surface area (Å²) in [7, 11) is 0. The number of rotatable bonds is 7. The minimum Gasteiger partial charge on any atom is -0.391 e. The highest BCUT2D eigenvalue weighted by Gasteiger charge is 2.03. The molecule has 0 aliphatic carbocycles. The number of hydrogen-bond donors (Lipinski definition) is 0. The number of benzene rings is 2. The van der Waals surface area contributed by atoms with Gasteiger partial charge in [0, 0.05) is 0 Å². The van der Waals surface area contributed by atoms with E-state index < -0.39 is 0 Å². The van der Waals surface area contributed by atoms with Crippen LogP contribution in [-0.4, -0.2) is 6.21 Å². The maximum atomic E-state index is 5.34. The number of unbranched alkanes of at least 4 members (excludes halogenated alkanes) is 2. The normalized spacial score (nSPS) is 10.8. The Labute approximate surface area is 121 Å². The molecule has 0 amide bonds. The topological polar surface area (TPSA) is 21.6 Å². The summed E-state index contributed by atoms with van der Waals surface area (Å²) in [5, 5.41) is 3.89. The molecule has 0 spiro atoms. The number of nitrogens with zero attached hydrogens (tertiary/aromatic N) is 1. The molecule has 20 heavy (non-hydrogen) atoms. The van der Waals surface area contributed by atoms with Crippen molar-refractivity contribution in [3.8, 4) is 11.1 Å². The van der Waals surface area contributed by atoms with Gasteiger partial charge in [-0.05, 0) is 29.5 Å². The lowest BCUT2D eigenvalue weighted by Crippen LogP contribution is -1.92. The summed E-state index contributed by atoms with van der Waals surface area (Å²) < 4.78 is 0. The minimum absolute atomic E-state index is 0.476. The third-order valence-electron chi connectivity index (χ3n) is 3.09. The molecule has 0 aromatic heterocycles. The summed E-state index contributed by atoms with van der Waals surface area (Å²) in [5.74, 6) is 0. The van der Waals surface area contributed by atoms with Gasteiger partial charge in [0.05, 0.1) is 0 Å². The van der Waals surface area contributed by atoms with Crippen LogP contribution >= 0.6 is 0 Å². The SMILES string of the molecule is CCCC/[C]=N\OCc1ccccc1-c1ccccc1. The van der Waals surface area contributed by atoms with Gasteiger partial charge in [-0.25, -0.2) is 0 Å². The molecule has 2 rings (SSSR count). The molecule has 1 radical (unpaired) electrons. The Balaban J connectivity index is 2.00. The van der Waals surface area contributed by atoms with Crippen LogP contribution in [0.25, 0.3) is 11.1 Å². The van der Waals surface area contributed by atoms with Crippen LogP contribution in [0.2, 0.25) is 0 Å². The zero-order chi connectivity index (χ0) is 14.0. The zero-order valence-electron chi connectivity index (χ0n) is 11.9. The van der Waals surface area contributed by atoms with E-state index in [1.54, 1.807) is 0 Å². The fourth-order valence-corrected chi connectivity index (χ4v) is 1.99. The first-order chi connectivity index (χ1) is 9.92. The Kier molecular flexibility index (Phi) is 5.84. The monoisotopic (exact) mass is 266 g/mol. The van der Waals surface area contributed by atoms with Gasteiger partial charge in [-0.3, -0.25) is 0 Å². The quantitative estimate of drug-likeness (QED) is 0.396. The summed E-state index contributed by atoms with van der Waals surface area (Å²) >= 11 is 0. The molecule has 0 saturated heterocycles. The van der Waals surface area contributed by atoms with Crippen LogP contribution in [0.5, 0.6) is 0 Å². The highest BCUT2D eigenvalue weighted by molar-refractivity contribution is 5.67. The van der Waals surface area contributed by atoms with Crippen molar-refractivity contribution in [1.82, 2.24) is 0 Å². The van der Waals surface area contributed by atoms with Crippen LogP contribution in [0.3, 0.4) is 0 Å². The summed E-state index contributed by atoms with van der Waals surface area (Å²) in [4.78, 5) is 5.34. The predicted octanol–water partition coefficient (Wildman–Crippen LogP) is 4.92. The Morgan fingerprint density at radius 2 is 1.75 bits per heavy atom. The van der Waals surface area contributed by atoms with Gasteiger partial charge in [0.25, 0.3) is 0 Å². The third kappa shape index (κ3) is 4.23. The maximum Gasteiger partial charge on any atom is 0.142 e. The van der Waals surface area contributed by atoms with Crippen LogP contribution in [0.1, 0.15) is 31.7 Å². The smallest absolute Gasteiger partial charge is 0.142 e. The summed E-state index contributed by atoms with van der Waals surface area (Å²) in [6.45, 7) is 2.63. The Morgan fingerprint density at radius 1 is 1.00 bits per heavy atom. The van der Waals surface area contributed by atoms with Crippen LogP contribution in [0.15, 0.2) is 59.8 Å².